The standard InChI is InChI=1S/C18H22N2O6S/c1-20(12-18(21)19-13-5-7-14(24-2)8-6-13)27(22,23)17-11-15(25-3)9-10-16(17)26-4/h5-11H,12H2,1-4H3,(H,19,21). The maximum Gasteiger partial charge on any atom is 0.247 e. The van der Waals surface area contributed by atoms with Gasteiger partial charge in [-0.2, -0.15) is 4.31 Å². The van der Waals surface area contributed by atoms with Crippen molar-refractivity contribution in [1.82, 2.24) is 4.31 Å². The summed E-state index contributed by atoms with van der Waals surface area (Å²) in [6, 6.07) is 11.2. The van der Waals surface area contributed by atoms with Gasteiger partial charge in [-0.05, 0) is 36.4 Å². The van der Waals surface area contributed by atoms with Gasteiger partial charge in [0.25, 0.3) is 0 Å². The summed E-state index contributed by atoms with van der Waals surface area (Å²) in [5.74, 6) is 0.703. The molecule has 2 rings (SSSR count). The van der Waals surface area contributed by atoms with Gasteiger partial charge >= 0.3 is 0 Å². The van der Waals surface area contributed by atoms with E-state index < -0.39 is 15.9 Å². The number of carbonyl (C=O) groups excluding carboxylic acids is 1. The Balaban J connectivity index is 2.15. The van der Waals surface area contributed by atoms with Crippen LogP contribution in [0.4, 0.5) is 5.69 Å². The van der Waals surface area contributed by atoms with E-state index in [4.69, 9.17) is 14.2 Å². The molecule has 0 atom stereocenters. The first-order valence-corrected chi connectivity index (χ1v) is 9.38. The van der Waals surface area contributed by atoms with Gasteiger partial charge in [-0.25, -0.2) is 8.42 Å². The Hall–Kier alpha value is -2.78. The summed E-state index contributed by atoms with van der Waals surface area (Å²) >= 11 is 0. The maximum absolute atomic E-state index is 12.8. The summed E-state index contributed by atoms with van der Waals surface area (Å²) in [5, 5.41) is 2.64. The quantitative estimate of drug-likeness (QED) is 0.736. The van der Waals surface area contributed by atoms with Crippen molar-refractivity contribution in [3.05, 3.63) is 42.5 Å². The summed E-state index contributed by atoms with van der Waals surface area (Å²) in [6.45, 7) is -0.366. The van der Waals surface area contributed by atoms with Crippen LogP contribution in [0.5, 0.6) is 17.2 Å². The Labute approximate surface area is 158 Å². The second-order valence-corrected chi connectivity index (χ2v) is 7.57. The van der Waals surface area contributed by atoms with Crippen LogP contribution < -0.4 is 19.5 Å². The average molecular weight is 394 g/mol. The molecule has 0 saturated heterocycles. The predicted octanol–water partition coefficient (Wildman–Crippen LogP) is 1.97. The zero-order valence-electron chi connectivity index (χ0n) is 15.6. The third-order valence-electron chi connectivity index (χ3n) is 3.80. The number of nitrogens with one attached hydrogen (secondary N) is 1. The molecule has 27 heavy (non-hydrogen) atoms. The van der Waals surface area contributed by atoms with Gasteiger partial charge in [-0.1, -0.05) is 0 Å². The first kappa shape index (κ1) is 20.5. The monoisotopic (exact) mass is 394 g/mol. The Morgan fingerprint density at radius 3 is 2.11 bits per heavy atom. The van der Waals surface area contributed by atoms with E-state index >= 15 is 0 Å². The predicted molar refractivity (Wildman–Crippen MR) is 101 cm³/mol. The fourth-order valence-electron chi connectivity index (χ4n) is 2.32. The van der Waals surface area contributed by atoms with E-state index in [0.29, 0.717) is 17.2 Å². The van der Waals surface area contributed by atoms with E-state index in [9.17, 15) is 13.2 Å². The van der Waals surface area contributed by atoms with Crippen molar-refractivity contribution < 1.29 is 27.4 Å². The fraction of sp³-hybridized carbons (Fsp3) is 0.278. The van der Waals surface area contributed by atoms with Crippen LogP contribution >= 0.6 is 0 Å². The number of sulfonamides is 1. The lowest BCUT2D eigenvalue weighted by Gasteiger charge is -2.19. The van der Waals surface area contributed by atoms with Crippen molar-refractivity contribution in [1.29, 1.82) is 0 Å². The molecule has 0 aliphatic heterocycles. The van der Waals surface area contributed by atoms with Crippen molar-refractivity contribution in [3.63, 3.8) is 0 Å². The lowest BCUT2D eigenvalue weighted by atomic mass is 10.3. The van der Waals surface area contributed by atoms with Crippen LogP contribution in [0.2, 0.25) is 0 Å². The molecule has 0 bridgehead atoms. The molecule has 0 spiro atoms. The highest BCUT2D eigenvalue weighted by Crippen LogP contribution is 2.30. The highest BCUT2D eigenvalue weighted by Gasteiger charge is 2.27. The van der Waals surface area contributed by atoms with Gasteiger partial charge in [0, 0.05) is 18.8 Å². The number of hydrogen-bond acceptors (Lipinski definition) is 6. The van der Waals surface area contributed by atoms with Crippen molar-refractivity contribution in [2.75, 3.05) is 40.2 Å². The molecule has 0 aliphatic rings. The molecule has 146 valence electrons. The normalized spacial score (nSPS) is 11.1. The highest BCUT2D eigenvalue weighted by molar-refractivity contribution is 7.89. The molecule has 0 unspecified atom stereocenters. The fourth-order valence-corrected chi connectivity index (χ4v) is 3.61. The molecular formula is C18H22N2O6S. The molecule has 8 nitrogen and oxygen atoms in total. The second-order valence-electron chi connectivity index (χ2n) is 5.55. The van der Waals surface area contributed by atoms with Crippen LogP contribution in [-0.4, -0.2) is 53.6 Å². The number of amides is 1. The summed E-state index contributed by atoms with van der Waals surface area (Å²) in [7, 11) is 1.71. The third-order valence-corrected chi connectivity index (χ3v) is 5.62. The SMILES string of the molecule is COc1ccc(NC(=O)CN(C)S(=O)(=O)c2cc(OC)ccc2OC)cc1. The molecule has 0 aliphatic carbocycles. The first-order chi connectivity index (χ1) is 12.8. The molecule has 0 fully saturated rings. The lowest BCUT2D eigenvalue weighted by molar-refractivity contribution is -0.116. The maximum atomic E-state index is 12.8. The number of ether oxygens (including phenoxy) is 3. The summed E-state index contributed by atoms with van der Waals surface area (Å²) in [6.07, 6.45) is 0. The Morgan fingerprint density at radius 2 is 1.56 bits per heavy atom. The van der Waals surface area contributed by atoms with Crippen LogP contribution in [0.3, 0.4) is 0 Å². The number of anilines is 1. The van der Waals surface area contributed by atoms with E-state index in [1.165, 1.54) is 33.4 Å². The molecule has 9 heteroatoms. The number of rotatable bonds is 8. The van der Waals surface area contributed by atoms with Gasteiger partial charge in [-0.15, -0.1) is 0 Å². The van der Waals surface area contributed by atoms with E-state index in [1.54, 1.807) is 37.4 Å². The number of likely N-dealkylation sites (N-methyl/N-ethyl adjacent to an activating group) is 1. The minimum Gasteiger partial charge on any atom is -0.497 e. The zero-order valence-corrected chi connectivity index (χ0v) is 16.4. The number of hydrogen-bond donors (Lipinski definition) is 1. The summed E-state index contributed by atoms with van der Waals surface area (Å²) in [5.41, 5.74) is 0.533. The van der Waals surface area contributed by atoms with Crippen molar-refractivity contribution in [3.8, 4) is 17.2 Å². The van der Waals surface area contributed by atoms with Crippen molar-refractivity contribution in [2.24, 2.45) is 0 Å². The van der Waals surface area contributed by atoms with E-state index in [0.717, 1.165) is 4.31 Å². The van der Waals surface area contributed by atoms with Gasteiger partial charge in [0.2, 0.25) is 15.9 Å². The van der Waals surface area contributed by atoms with Crippen LogP contribution in [0.25, 0.3) is 0 Å². The molecule has 1 N–H and O–H groups in total. The van der Waals surface area contributed by atoms with Gasteiger partial charge in [0.15, 0.2) is 0 Å². The largest absolute Gasteiger partial charge is 0.497 e. The zero-order chi connectivity index (χ0) is 20.0. The molecule has 0 radical (unpaired) electrons. The highest BCUT2D eigenvalue weighted by atomic mass is 32.2. The van der Waals surface area contributed by atoms with Gasteiger partial charge < -0.3 is 19.5 Å². The van der Waals surface area contributed by atoms with Gasteiger partial charge in [0.1, 0.15) is 22.1 Å². The third kappa shape index (κ3) is 4.89. The Bertz CT molecular complexity index is 897. The second kappa shape index (κ2) is 8.74. The average Bonchev–Trinajstić information content (AvgIpc) is 2.67. The van der Waals surface area contributed by atoms with Crippen LogP contribution in [0.1, 0.15) is 0 Å². The lowest BCUT2D eigenvalue weighted by Crippen LogP contribution is -2.35. The van der Waals surface area contributed by atoms with Gasteiger partial charge in [-0.3, -0.25) is 4.79 Å². The van der Waals surface area contributed by atoms with Crippen LogP contribution in [0, 0.1) is 0 Å². The van der Waals surface area contributed by atoms with Crippen LogP contribution in [0.15, 0.2) is 47.4 Å². The number of nitrogens with zero attached hydrogens (tertiary/aromatic N) is 1. The Kier molecular flexibility index (Phi) is 6.65. The first-order valence-electron chi connectivity index (χ1n) is 7.94. The van der Waals surface area contributed by atoms with E-state index in [2.05, 4.69) is 5.32 Å². The smallest absolute Gasteiger partial charge is 0.247 e. The van der Waals surface area contributed by atoms with Crippen molar-refractivity contribution >= 4 is 21.6 Å². The van der Waals surface area contributed by atoms with E-state index in [1.807, 2.05) is 0 Å². The molecule has 2 aromatic rings. The molecule has 0 aromatic heterocycles. The number of methoxy groups -OCH3 is 3. The molecular weight excluding hydrogens is 372 g/mol. The van der Waals surface area contributed by atoms with Crippen LogP contribution in [-0.2, 0) is 14.8 Å². The molecule has 0 heterocycles. The number of benzene rings is 2. The molecule has 2 aromatic carbocycles. The summed E-state index contributed by atoms with van der Waals surface area (Å²) < 4.78 is 41.9. The Morgan fingerprint density at radius 1 is 0.963 bits per heavy atom. The van der Waals surface area contributed by atoms with Crippen molar-refractivity contribution in [2.45, 2.75) is 4.90 Å². The molecule has 0 saturated carbocycles. The van der Waals surface area contributed by atoms with E-state index in [-0.39, 0.29) is 17.2 Å². The number of carbonyl (C=O) groups is 1. The minimum atomic E-state index is -3.96. The minimum absolute atomic E-state index is 0.0795. The summed E-state index contributed by atoms with van der Waals surface area (Å²) in [4.78, 5) is 12.1. The topological polar surface area (TPSA) is 94.2 Å². The molecule has 1 amide bonds. The van der Waals surface area contributed by atoms with Gasteiger partial charge in [0.05, 0.1) is 27.9 Å².